The Kier molecular flexibility index (Phi) is 3.09. The van der Waals surface area contributed by atoms with Gasteiger partial charge >= 0.3 is 0 Å². The van der Waals surface area contributed by atoms with E-state index in [1.807, 2.05) is 13.0 Å². The predicted octanol–water partition coefficient (Wildman–Crippen LogP) is 4.64. The van der Waals surface area contributed by atoms with E-state index in [1.54, 1.807) is 12.1 Å². The van der Waals surface area contributed by atoms with Gasteiger partial charge in [0, 0.05) is 15.8 Å². The molecule has 2 N–H and O–H groups in total. The molecule has 0 fully saturated rings. The third-order valence-corrected chi connectivity index (χ3v) is 4.43. The lowest BCUT2D eigenvalue weighted by Gasteiger charge is -2.07. The first-order chi connectivity index (χ1) is 9.06. The second-order valence-corrected chi connectivity index (χ2v) is 6.10. The van der Waals surface area contributed by atoms with Crippen LogP contribution in [-0.2, 0) is 0 Å². The summed E-state index contributed by atoms with van der Waals surface area (Å²) in [5.74, 6) is 0.370. The van der Waals surface area contributed by atoms with Crippen molar-refractivity contribution in [1.29, 1.82) is 0 Å². The summed E-state index contributed by atoms with van der Waals surface area (Å²) in [6, 6.07) is 7.76. The van der Waals surface area contributed by atoms with E-state index in [0.717, 1.165) is 15.8 Å². The van der Waals surface area contributed by atoms with Crippen LogP contribution in [0.2, 0.25) is 4.34 Å². The van der Waals surface area contributed by atoms with Crippen molar-refractivity contribution >= 4 is 33.9 Å². The SMILES string of the molecule is Cc1c(C(N)c2ccc(Cl)s2)oc2ccc(F)cc12. The Morgan fingerprint density at radius 2 is 2.11 bits per heavy atom. The molecule has 0 aliphatic heterocycles. The third-order valence-electron chi connectivity index (χ3n) is 3.12. The van der Waals surface area contributed by atoms with Crippen molar-refractivity contribution in [3.05, 3.63) is 56.7 Å². The smallest absolute Gasteiger partial charge is 0.134 e. The normalized spacial score (nSPS) is 13.1. The molecule has 0 spiro atoms. The average Bonchev–Trinajstić information content (AvgIpc) is 2.94. The lowest BCUT2D eigenvalue weighted by Crippen LogP contribution is -2.10. The fourth-order valence-electron chi connectivity index (χ4n) is 2.13. The number of benzene rings is 1. The van der Waals surface area contributed by atoms with E-state index in [0.29, 0.717) is 15.7 Å². The number of thiophene rings is 1. The minimum Gasteiger partial charge on any atom is -0.459 e. The molecule has 2 nitrogen and oxygen atoms in total. The van der Waals surface area contributed by atoms with Gasteiger partial charge in [-0.25, -0.2) is 4.39 Å². The van der Waals surface area contributed by atoms with Gasteiger partial charge in [-0.2, -0.15) is 0 Å². The van der Waals surface area contributed by atoms with E-state index in [9.17, 15) is 4.39 Å². The molecule has 1 unspecified atom stereocenters. The van der Waals surface area contributed by atoms with Crippen LogP contribution < -0.4 is 5.73 Å². The zero-order valence-electron chi connectivity index (χ0n) is 10.1. The predicted molar refractivity (Wildman–Crippen MR) is 76.3 cm³/mol. The Labute approximate surface area is 118 Å². The van der Waals surface area contributed by atoms with Gasteiger partial charge in [-0.1, -0.05) is 11.6 Å². The summed E-state index contributed by atoms with van der Waals surface area (Å²) < 4.78 is 19.7. The number of halogens is 2. The molecule has 19 heavy (non-hydrogen) atoms. The molecule has 0 saturated carbocycles. The zero-order chi connectivity index (χ0) is 13.6. The highest BCUT2D eigenvalue weighted by Crippen LogP contribution is 2.35. The van der Waals surface area contributed by atoms with E-state index < -0.39 is 0 Å². The van der Waals surface area contributed by atoms with Gasteiger partial charge in [-0.3, -0.25) is 0 Å². The molecule has 0 aliphatic carbocycles. The lowest BCUT2D eigenvalue weighted by molar-refractivity contribution is 0.523. The van der Waals surface area contributed by atoms with E-state index in [4.69, 9.17) is 21.8 Å². The summed E-state index contributed by atoms with van der Waals surface area (Å²) in [7, 11) is 0. The van der Waals surface area contributed by atoms with Crippen molar-refractivity contribution < 1.29 is 8.81 Å². The highest BCUT2D eigenvalue weighted by Gasteiger charge is 2.20. The summed E-state index contributed by atoms with van der Waals surface area (Å²) in [5, 5.41) is 0.758. The average molecular weight is 296 g/mol. The molecule has 2 heterocycles. The van der Waals surface area contributed by atoms with Crippen LogP contribution in [0.1, 0.15) is 22.2 Å². The quantitative estimate of drug-likeness (QED) is 0.748. The Morgan fingerprint density at radius 1 is 1.32 bits per heavy atom. The number of fused-ring (bicyclic) bond motifs is 1. The molecule has 3 rings (SSSR count). The standard InChI is InChI=1S/C14H11ClFNOS/c1-7-9-6-8(16)2-3-10(9)18-14(7)13(17)11-4-5-12(15)19-11/h2-6,13H,17H2,1H3. The fraction of sp³-hybridized carbons (Fsp3) is 0.143. The van der Waals surface area contributed by atoms with E-state index >= 15 is 0 Å². The molecule has 1 aromatic carbocycles. The number of rotatable bonds is 2. The fourth-order valence-corrected chi connectivity index (χ4v) is 3.19. The molecule has 0 saturated heterocycles. The van der Waals surface area contributed by atoms with Crippen LogP contribution in [0.5, 0.6) is 0 Å². The zero-order valence-corrected chi connectivity index (χ0v) is 11.7. The van der Waals surface area contributed by atoms with Crippen LogP contribution in [-0.4, -0.2) is 0 Å². The first-order valence-corrected chi connectivity index (χ1v) is 6.95. The van der Waals surface area contributed by atoms with Crippen LogP contribution >= 0.6 is 22.9 Å². The van der Waals surface area contributed by atoms with Gasteiger partial charge in [0.25, 0.3) is 0 Å². The Hall–Kier alpha value is -1.36. The van der Waals surface area contributed by atoms with Crippen molar-refractivity contribution in [2.45, 2.75) is 13.0 Å². The van der Waals surface area contributed by atoms with Gasteiger partial charge in [-0.05, 0) is 37.3 Å². The highest BCUT2D eigenvalue weighted by atomic mass is 35.5. The van der Waals surface area contributed by atoms with E-state index in [1.165, 1.54) is 23.5 Å². The van der Waals surface area contributed by atoms with Crippen molar-refractivity contribution in [2.75, 3.05) is 0 Å². The number of furan rings is 1. The summed E-state index contributed by atoms with van der Waals surface area (Å²) in [6.45, 7) is 1.88. The molecule has 1 atom stereocenters. The molecule has 98 valence electrons. The molecule has 3 aromatic rings. The van der Waals surface area contributed by atoms with Gasteiger partial charge in [0.15, 0.2) is 0 Å². The largest absolute Gasteiger partial charge is 0.459 e. The van der Waals surface area contributed by atoms with Gasteiger partial charge in [0.1, 0.15) is 17.2 Å². The number of nitrogens with two attached hydrogens (primary N) is 1. The molecule has 0 amide bonds. The molecule has 0 aliphatic rings. The highest BCUT2D eigenvalue weighted by molar-refractivity contribution is 7.16. The van der Waals surface area contributed by atoms with Gasteiger partial charge in [0.05, 0.1) is 10.4 Å². The molecule has 2 aromatic heterocycles. The second kappa shape index (κ2) is 4.63. The van der Waals surface area contributed by atoms with Crippen molar-refractivity contribution in [2.24, 2.45) is 5.73 Å². The van der Waals surface area contributed by atoms with Crippen molar-refractivity contribution in [3.8, 4) is 0 Å². The van der Waals surface area contributed by atoms with E-state index in [2.05, 4.69) is 0 Å². The minimum absolute atomic E-state index is 0.282. The third kappa shape index (κ3) is 2.16. The number of hydrogen-bond donors (Lipinski definition) is 1. The monoisotopic (exact) mass is 295 g/mol. The molecular formula is C14H11ClFNOS. The Bertz CT molecular complexity index is 749. The summed E-state index contributed by atoms with van der Waals surface area (Å²) in [5.41, 5.74) is 7.71. The Balaban J connectivity index is 2.12. The topological polar surface area (TPSA) is 39.2 Å². The number of hydrogen-bond acceptors (Lipinski definition) is 3. The van der Waals surface area contributed by atoms with Crippen LogP contribution in [0.25, 0.3) is 11.0 Å². The van der Waals surface area contributed by atoms with Crippen molar-refractivity contribution in [1.82, 2.24) is 0 Å². The molecule has 0 bridgehead atoms. The van der Waals surface area contributed by atoms with Crippen molar-refractivity contribution in [3.63, 3.8) is 0 Å². The summed E-state index contributed by atoms with van der Waals surface area (Å²) in [4.78, 5) is 0.924. The molecule has 5 heteroatoms. The maximum Gasteiger partial charge on any atom is 0.134 e. The lowest BCUT2D eigenvalue weighted by atomic mass is 10.1. The van der Waals surface area contributed by atoms with Gasteiger partial charge in [-0.15, -0.1) is 11.3 Å². The van der Waals surface area contributed by atoms with Gasteiger partial charge < -0.3 is 10.2 Å². The maximum absolute atomic E-state index is 13.3. The first kappa shape index (κ1) is 12.7. The summed E-state index contributed by atoms with van der Waals surface area (Å²) in [6.07, 6.45) is 0. The Morgan fingerprint density at radius 3 is 2.79 bits per heavy atom. The molecule has 0 radical (unpaired) electrons. The van der Waals surface area contributed by atoms with Crippen LogP contribution in [0.15, 0.2) is 34.7 Å². The van der Waals surface area contributed by atoms with E-state index in [-0.39, 0.29) is 11.9 Å². The van der Waals surface area contributed by atoms with Crippen LogP contribution in [0.4, 0.5) is 4.39 Å². The first-order valence-electron chi connectivity index (χ1n) is 5.75. The van der Waals surface area contributed by atoms with Crippen LogP contribution in [0, 0.1) is 12.7 Å². The second-order valence-electron chi connectivity index (χ2n) is 4.35. The number of aryl methyl sites for hydroxylation is 1. The van der Waals surface area contributed by atoms with Crippen LogP contribution in [0.3, 0.4) is 0 Å². The minimum atomic E-state index is -0.382. The maximum atomic E-state index is 13.3. The summed E-state index contributed by atoms with van der Waals surface area (Å²) >= 11 is 7.33. The molecular weight excluding hydrogens is 285 g/mol. The van der Waals surface area contributed by atoms with Gasteiger partial charge in [0.2, 0.25) is 0 Å².